The number of aromatic hydroxyl groups is 2. The van der Waals surface area contributed by atoms with Gasteiger partial charge in [0.2, 0.25) is 5.95 Å². The Morgan fingerprint density at radius 3 is 2.53 bits per heavy atom. The number of nitrogens with two attached hydrogens (primary N) is 1. The Kier molecular flexibility index (Phi) is 5.78. The minimum atomic E-state index is -0.105. The van der Waals surface area contributed by atoms with E-state index >= 15 is 0 Å². The Morgan fingerprint density at radius 1 is 1.17 bits per heavy atom. The molecule has 2 heterocycles. The predicted octanol–water partition coefficient (Wildman–Crippen LogP) is 2.60. The molecule has 1 aliphatic carbocycles. The van der Waals surface area contributed by atoms with E-state index in [0.717, 1.165) is 25.7 Å². The predicted molar refractivity (Wildman–Crippen MR) is 115 cm³/mol. The number of nitrogens with one attached hydrogen (secondary N) is 2. The van der Waals surface area contributed by atoms with Crippen LogP contribution in [-0.4, -0.2) is 47.3 Å². The Bertz CT molecular complexity index is 1030. The lowest BCUT2D eigenvalue weighted by Crippen LogP contribution is -2.33. The maximum Gasteiger partial charge on any atom is 0.227 e. The molecule has 0 radical (unpaired) electrons. The number of phenols is 2. The quantitative estimate of drug-likeness (QED) is 0.396. The Labute approximate surface area is 178 Å². The molecule has 4 rings (SSSR count). The summed E-state index contributed by atoms with van der Waals surface area (Å²) in [5.41, 5.74) is 7.43. The summed E-state index contributed by atoms with van der Waals surface area (Å²) in [5, 5.41) is 35.4. The summed E-state index contributed by atoms with van der Waals surface area (Å²) in [6, 6.07) is 3.27. The van der Waals surface area contributed by atoms with Crippen molar-refractivity contribution in [1.29, 1.82) is 0 Å². The van der Waals surface area contributed by atoms with Crippen molar-refractivity contribution < 1.29 is 10.2 Å². The van der Waals surface area contributed by atoms with E-state index in [1.807, 2.05) is 6.92 Å². The van der Waals surface area contributed by atoms with E-state index in [1.54, 1.807) is 4.68 Å². The van der Waals surface area contributed by atoms with E-state index in [1.165, 1.54) is 12.1 Å². The maximum atomic E-state index is 10.1. The highest BCUT2D eigenvalue weighted by molar-refractivity contribution is 6.30. The normalized spacial score (nSPS) is 19.2. The number of aromatic nitrogens is 5. The third kappa shape index (κ3) is 4.19. The summed E-state index contributed by atoms with van der Waals surface area (Å²) in [6.45, 7) is 2.70. The van der Waals surface area contributed by atoms with Gasteiger partial charge in [-0.25, -0.2) is 4.68 Å². The molecule has 0 amide bonds. The minimum Gasteiger partial charge on any atom is -0.507 e. The molecule has 0 bridgehead atoms. The van der Waals surface area contributed by atoms with Crippen molar-refractivity contribution in [2.24, 2.45) is 5.73 Å². The van der Waals surface area contributed by atoms with Crippen LogP contribution in [0.2, 0.25) is 5.02 Å². The number of benzene rings is 1. The van der Waals surface area contributed by atoms with Crippen molar-refractivity contribution in [1.82, 2.24) is 25.0 Å². The largest absolute Gasteiger partial charge is 0.507 e. The maximum absolute atomic E-state index is 10.1. The van der Waals surface area contributed by atoms with Gasteiger partial charge in [-0.2, -0.15) is 9.97 Å². The van der Waals surface area contributed by atoms with Crippen molar-refractivity contribution in [2.75, 3.05) is 10.6 Å². The van der Waals surface area contributed by atoms with Gasteiger partial charge in [0.25, 0.3) is 0 Å². The van der Waals surface area contributed by atoms with Gasteiger partial charge in [-0.05, 0) is 44.7 Å². The summed E-state index contributed by atoms with van der Waals surface area (Å²) in [6.07, 6.45) is 3.86. The molecule has 1 saturated carbocycles. The SMILES string of the molecule is CCn1nnc2c(NCc3c(O)cc(Cl)cc3O)nc(NC3CCC(N)CC3)nc21. The van der Waals surface area contributed by atoms with E-state index in [4.69, 9.17) is 17.3 Å². The lowest BCUT2D eigenvalue weighted by Gasteiger charge is -2.26. The summed E-state index contributed by atoms with van der Waals surface area (Å²) < 4.78 is 1.70. The molecule has 0 unspecified atom stereocenters. The molecule has 1 aliphatic rings. The van der Waals surface area contributed by atoms with Crippen LogP contribution in [0.15, 0.2) is 12.1 Å². The van der Waals surface area contributed by atoms with Crippen molar-refractivity contribution in [3.63, 3.8) is 0 Å². The third-order valence-corrected chi connectivity index (χ3v) is 5.59. The molecule has 160 valence electrons. The van der Waals surface area contributed by atoms with Gasteiger partial charge >= 0.3 is 0 Å². The Balaban J connectivity index is 1.62. The molecule has 0 spiro atoms. The third-order valence-electron chi connectivity index (χ3n) is 5.37. The van der Waals surface area contributed by atoms with Crippen LogP contribution in [0.4, 0.5) is 11.8 Å². The van der Waals surface area contributed by atoms with Gasteiger partial charge in [-0.1, -0.05) is 16.8 Å². The highest BCUT2D eigenvalue weighted by Crippen LogP contribution is 2.32. The van der Waals surface area contributed by atoms with Gasteiger partial charge in [0.15, 0.2) is 17.0 Å². The second-order valence-electron chi connectivity index (χ2n) is 7.51. The molecule has 1 fully saturated rings. The zero-order valence-electron chi connectivity index (χ0n) is 16.6. The first kappa shape index (κ1) is 20.4. The molecule has 0 aliphatic heterocycles. The number of fused-ring (bicyclic) bond motifs is 1. The highest BCUT2D eigenvalue weighted by atomic mass is 35.5. The Morgan fingerprint density at radius 2 is 1.87 bits per heavy atom. The monoisotopic (exact) mass is 432 g/mol. The molecule has 3 aromatic rings. The van der Waals surface area contributed by atoms with E-state index in [-0.39, 0.29) is 35.2 Å². The zero-order chi connectivity index (χ0) is 21.3. The second-order valence-corrected chi connectivity index (χ2v) is 7.94. The number of hydrogen-bond donors (Lipinski definition) is 5. The average molecular weight is 433 g/mol. The number of rotatable bonds is 6. The summed E-state index contributed by atoms with van der Waals surface area (Å²) in [4.78, 5) is 9.19. The summed E-state index contributed by atoms with van der Waals surface area (Å²) in [7, 11) is 0. The molecule has 0 saturated heterocycles. The molecular weight excluding hydrogens is 408 g/mol. The van der Waals surface area contributed by atoms with E-state index in [2.05, 4.69) is 30.9 Å². The zero-order valence-corrected chi connectivity index (χ0v) is 17.4. The van der Waals surface area contributed by atoms with E-state index < -0.39 is 0 Å². The van der Waals surface area contributed by atoms with Crippen LogP contribution in [0, 0.1) is 0 Å². The second kappa shape index (κ2) is 8.49. The number of aryl methyl sites for hydroxylation is 1. The molecule has 6 N–H and O–H groups in total. The smallest absolute Gasteiger partial charge is 0.227 e. The first-order valence-corrected chi connectivity index (χ1v) is 10.4. The van der Waals surface area contributed by atoms with Gasteiger partial charge in [0.05, 0.1) is 5.56 Å². The standard InChI is InChI=1S/C19H25ClN8O2/c1-2-28-18-16(26-27-28)17(22-9-13-14(29)7-10(20)8-15(13)30)24-19(25-18)23-12-5-3-11(21)4-6-12/h7-8,11-12,29-30H,2-6,9,21H2,1H3,(H2,22,23,24,25). The number of hydrogen-bond acceptors (Lipinski definition) is 9. The number of phenolic OH excluding ortho intramolecular Hbond substituents is 2. The fraction of sp³-hybridized carbons (Fsp3) is 0.474. The van der Waals surface area contributed by atoms with Crippen LogP contribution in [0.3, 0.4) is 0 Å². The van der Waals surface area contributed by atoms with Crippen LogP contribution >= 0.6 is 11.6 Å². The summed E-state index contributed by atoms with van der Waals surface area (Å²) >= 11 is 5.86. The van der Waals surface area contributed by atoms with Gasteiger partial charge in [-0.15, -0.1) is 5.10 Å². The molecular formula is C19H25ClN8O2. The van der Waals surface area contributed by atoms with Crippen molar-refractivity contribution in [3.8, 4) is 11.5 Å². The Hall–Kier alpha value is -2.85. The highest BCUT2D eigenvalue weighted by Gasteiger charge is 2.21. The molecule has 1 aromatic carbocycles. The van der Waals surface area contributed by atoms with E-state index in [9.17, 15) is 10.2 Å². The molecule has 30 heavy (non-hydrogen) atoms. The average Bonchev–Trinajstić information content (AvgIpc) is 3.12. The van der Waals surface area contributed by atoms with Gasteiger partial charge in [0.1, 0.15) is 11.5 Å². The number of halogens is 1. The summed E-state index contributed by atoms with van der Waals surface area (Å²) in [5.74, 6) is 0.731. The fourth-order valence-electron chi connectivity index (χ4n) is 3.66. The van der Waals surface area contributed by atoms with Crippen molar-refractivity contribution in [2.45, 2.75) is 57.8 Å². The van der Waals surface area contributed by atoms with E-state index in [0.29, 0.717) is 35.0 Å². The lowest BCUT2D eigenvalue weighted by molar-refractivity contribution is 0.410. The van der Waals surface area contributed by atoms with Gasteiger partial charge in [-0.3, -0.25) is 0 Å². The van der Waals surface area contributed by atoms with Crippen LogP contribution in [0.5, 0.6) is 11.5 Å². The minimum absolute atomic E-state index is 0.105. The van der Waals surface area contributed by atoms with Crippen LogP contribution in [-0.2, 0) is 13.1 Å². The number of anilines is 2. The molecule has 11 heteroatoms. The van der Waals surface area contributed by atoms with Crippen molar-refractivity contribution in [3.05, 3.63) is 22.7 Å². The topological polar surface area (TPSA) is 147 Å². The molecule has 0 atom stereocenters. The molecule has 2 aromatic heterocycles. The van der Waals surface area contributed by atoms with Crippen LogP contribution in [0.1, 0.15) is 38.2 Å². The van der Waals surface area contributed by atoms with Crippen LogP contribution < -0.4 is 16.4 Å². The van der Waals surface area contributed by atoms with Gasteiger partial charge in [0, 0.05) is 30.2 Å². The number of nitrogens with zero attached hydrogens (tertiary/aromatic N) is 5. The van der Waals surface area contributed by atoms with Gasteiger partial charge < -0.3 is 26.6 Å². The first-order chi connectivity index (χ1) is 14.4. The first-order valence-electron chi connectivity index (χ1n) is 10.0. The lowest BCUT2D eigenvalue weighted by atomic mass is 9.92. The fourth-order valence-corrected chi connectivity index (χ4v) is 3.87. The van der Waals surface area contributed by atoms with Crippen molar-refractivity contribution >= 4 is 34.5 Å². The molecule has 10 nitrogen and oxygen atoms in total. The van der Waals surface area contributed by atoms with Crippen LogP contribution in [0.25, 0.3) is 11.2 Å².